The molecule has 0 N–H and O–H groups in total. The lowest BCUT2D eigenvalue weighted by molar-refractivity contribution is -0.991. The third-order valence-electron chi connectivity index (χ3n) is 10.2. The molecule has 0 aliphatic carbocycles. The Kier molecular flexibility index (Phi) is 3.16. The minimum absolute atomic E-state index is 0.213. The van der Waals surface area contributed by atoms with Crippen LogP contribution >= 0.6 is 0 Å². The van der Waals surface area contributed by atoms with Gasteiger partial charge in [-0.1, -0.05) is 73.1 Å². The van der Waals surface area contributed by atoms with Gasteiger partial charge in [-0.05, 0) is 41.5 Å². The molecule has 6 aromatic rings. The van der Waals surface area contributed by atoms with Gasteiger partial charge in [0.2, 0.25) is 6.20 Å². The minimum atomic E-state index is -0.641. The van der Waals surface area contributed by atoms with Gasteiger partial charge >= 0.3 is 11.5 Å². The molecule has 0 saturated heterocycles. The lowest BCUT2D eigenvalue weighted by Crippen LogP contribution is -2.77. The summed E-state index contributed by atoms with van der Waals surface area (Å²) in [6.45, 7) is 4.76. The topological polar surface area (TPSA) is 25.2 Å². The predicted molar refractivity (Wildman–Crippen MR) is 155 cm³/mol. The van der Waals surface area contributed by atoms with E-state index in [1.54, 1.807) is 0 Å². The van der Waals surface area contributed by atoms with Crippen LogP contribution in [0.25, 0.3) is 27.9 Å². The monoisotopic (exact) mass is 528 g/mol. The number of pyridine rings is 1. The second-order valence-electron chi connectivity index (χ2n) is 12.3. The third kappa shape index (κ3) is 1.95. The van der Waals surface area contributed by atoms with E-state index in [1.807, 2.05) is 0 Å². The van der Waals surface area contributed by atoms with Gasteiger partial charge in [0.25, 0.3) is 0 Å². The van der Waals surface area contributed by atoms with Gasteiger partial charge in [-0.15, -0.1) is 4.68 Å². The van der Waals surface area contributed by atoms with Crippen molar-refractivity contribution in [1.82, 2.24) is 4.68 Å². The number of rotatable bonds is 0. The first-order valence-electron chi connectivity index (χ1n) is 14.3. The van der Waals surface area contributed by atoms with Gasteiger partial charge in [0, 0.05) is 28.2 Å². The number of ether oxygens (including phenoxy) is 1. The van der Waals surface area contributed by atoms with E-state index in [-0.39, 0.29) is 5.41 Å². The zero-order chi connectivity index (χ0) is 26.8. The standard InChI is InChI=1S/C36H24N4O/c1-35(2)25-13-5-11-23-21-9-3-4-10-22(21)24-12-7-18-37-34(24)40(32(23)25)33-26(35)16-17-29-31(33)36(37)30-27(14-6-15-28(30)41-29)38-19-8-20-39(36)38/h3-20H,1-2H3/q+2. The summed E-state index contributed by atoms with van der Waals surface area (Å²) in [7, 11) is 0. The highest BCUT2D eigenvalue weighted by molar-refractivity contribution is 6.05. The van der Waals surface area contributed by atoms with Crippen molar-refractivity contribution in [3.8, 4) is 39.4 Å². The lowest BCUT2D eigenvalue weighted by Gasteiger charge is -2.44. The molecule has 1 atom stereocenters. The Morgan fingerprint density at radius 2 is 1.39 bits per heavy atom. The van der Waals surface area contributed by atoms with E-state index < -0.39 is 5.66 Å². The summed E-state index contributed by atoms with van der Waals surface area (Å²) in [5.74, 6) is 3.02. The molecule has 4 aromatic carbocycles. The minimum Gasteiger partial charge on any atom is -0.456 e. The molecule has 41 heavy (non-hydrogen) atoms. The predicted octanol–water partition coefficient (Wildman–Crippen LogP) is 6.84. The van der Waals surface area contributed by atoms with Gasteiger partial charge in [0.1, 0.15) is 28.4 Å². The lowest BCUT2D eigenvalue weighted by atomic mass is 9.69. The Hall–Kier alpha value is -5.16. The number of fused-ring (bicyclic) bond motifs is 5. The molecular weight excluding hydrogens is 504 g/mol. The molecule has 1 unspecified atom stereocenters. The first-order chi connectivity index (χ1) is 20.1. The summed E-state index contributed by atoms with van der Waals surface area (Å²) in [6, 6.07) is 33.4. The fourth-order valence-corrected chi connectivity index (χ4v) is 8.63. The SMILES string of the molecule is CC1(C)c2cccc3c2N2c4c1ccc1c4C4(c5c(cccc5-n5ccc[n+]54)O1)[n+]1cccc(c12)-c1ccccc1-3. The largest absolute Gasteiger partial charge is 0.456 e. The quantitative estimate of drug-likeness (QED) is 0.201. The van der Waals surface area contributed by atoms with Crippen molar-refractivity contribution in [3.05, 3.63) is 132 Å². The Morgan fingerprint density at radius 1 is 0.634 bits per heavy atom. The molecule has 1 spiro atoms. The number of aromatic nitrogens is 3. The highest BCUT2D eigenvalue weighted by Crippen LogP contribution is 2.65. The Balaban J connectivity index is 1.46. The Bertz CT molecular complexity index is 2240. The van der Waals surface area contributed by atoms with Crippen LogP contribution in [0.4, 0.5) is 17.2 Å². The number of hydrogen-bond donors (Lipinski definition) is 0. The molecule has 5 aliphatic heterocycles. The zero-order valence-electron chi connectivity index (χ0n) is 22.6. The van der Waals surface area contributed by atoms with Crippen LogP contribution in [0.15, 0.2) is 110 Å². The van der Waals surface area contributed by atoms with Crippen LogP contribution in [0.2, 0.25) is 0 Å². The van der Waals surface area contributed by atoms with Crippen LogP contribution in [0.3, 0.4) is 0 Å². The second-order valence-corrected chi connectivity index (χ2v) is 12.3. The van der Waals surface area contributed by atoms with E-state index in [0.717, 1.165) is 17.2 Å². The van der Waals surface area contributed by atoms with Crippen LogP contribution < -0.4 is 18.9 Å². The molecule has 0 radical (unpaired) electrons. The molecule has 0 saturated carbocycles. The fourth-order valence-electron chi connectivity index (χ4n) is 8.63. The number of benzene rings is 4. The highest BCUT2D eigenvalue weighted by atomic mass is 16.5. The van der Waals surface area contributed by atoms with E-state index in [4.69, 9.17) is 4.74 Å². The molecule has 5 heteroatoms. The number of anilines is 3. The third-order valence-corrected chi connectivity index (χ3v) is 10.2. The molecule has 5 aliphatic rings. The highest BCUT2D eigenvalue weighted by Gasteiger charge is 2.71. The maximum absolute atomic E-state index is 6.83. The van der Waals surface area contributed by atoms with Gasteiger partial charge in [0.05, 0.1) is 18.0 Å². The molecule has 0 amide bonds. The van der Waals surface area contributed by atoms with E-state index in [0.29, 0.717) is 0 Å². The maximum atomic E-state index is 6.83. The van der Waals surface area contributed by atoms with E-state index in [2.05, 4.69) is 142 Å². The van der Waals surface area contributed by atoms with Crippen molar-refractivity contribution < 1.29 is 14.0 Å². The maximum Gasteiger partial charge on any atom is 0.397 e. The van der Waals surface area contributed by atoms with Crippen molar-refractivity contribution >= 4 is 17.2 Å². The first kappa shape index (κ1) is 20.7. The fraction of sp³-hybridized carbons (Fsp3) is 0.111. The Morgan fingerprint density at radius 3 is 2.29 bits per heavy atom. The van der Waals surface area contributed by atoms with Gasteiger partial charge < -0.3 is 4.74 Å². The van der Waals surface area contributed by atoms with Crippen molar-refractivity contribution in [2.45, 2.75) is 24.9 Å². The van der Waals surface area contributed by atoms with Crippen LogP contribution in [0, 0.1) is 0 Å². The van der Waals surface area contributed by atoms with Crippen LogP contribution in [-0.4, -0.2) is 4.68 Å². The molecule has 7 heterocycles. The molecule has 11 rings (SSSR count). The molecular formula is C36H24N4O+2. The average molecular weight is 529 g/mol. The zero-order valence-corrected chi connectivity index (χ0v) is 22.6. The summed E-state index contributed by atoms with van der Waals surface area (Å²) in [5.41, 5.74) is 12.9. The summed E-state index contributed by atoms with van der Waals surface area (Å²) < 4.78 is 14.0. The average Bonchev–Trinajstić information content (AvgIpc) is 3.56. The second kappa shape index (κ2) is 6.26. The van der Waals surface area contributed by atoms with Crippen LogP contribution in [-0.2, 0) is 11.1 Å². The van der Waals surface area contributed by atoms with Gasteiger partial charge in [-0.2, -0.15) is 9.47 Å². The molecule has 0 fully saturated rings. The number of nitrogens with zero attached hydrogens (tertiary/aromatic N) is 4. The summed E-state index contributed by atoms with van der Waals surface area (Å²) >= 11 is 0. The van der Waals surface area contributed by atoms with Crippen molar-refractivity contribution in [3.63, 3.8) is 0 Å². The molecule has 2 aromatic heterocycles. The number of para-hydroxylation sites is 1. The molecule has 0 bridgehead atoms. The van der Waals surface area contributed by atoms with E-state index >= 15 is 0 Å². The number of hydrogen-bond acceptors (Lipinski definition) is 2. The normalized spacial score (nSPS) is 19.4. The molecule has 192 valence electrons. The first-order valence-corrected chi connectivity index (χ1v) is 14.3. The van der Waals surface area contributed by atoms with Crippen molar-refractivity contribution in [2.24, 2.45) is 0 Å². The van der Waals surface area contributed by atoms with Crippen molar-refractivity contribution in [1.29, 1.82) is 0 Å². The van der Waals surface area contributed by atoms with E-state index in [9.17, 15) is 0 Å². The van der Waals surface area contributed by atoms with Gasteiger partial charge in [-0.3, -0.25) is 0 Å². The van der Waals surface area contributed by atoms with Gasteiger partial charge in [0.15, 0.2) is 11.3 Å². The van der Waals surface area contributed by atoms with Crippen LogP contribution in [0.5, 0.6) is 11.5 Å². The van der Waals surface area contributed by atoms with E-state index in [1.165, 1.54) is 61.7 Å². The summed E-state index contributed by atoms with van der Waals surface area (Å²) in [6.07, 6.45) is 6.66. The van der Waals surface area contributed by atoms with Crippen molar-refractivity contribution in [2.75, 3.05) is 4.90 Å². The summed E-state index contributed by atoms with van der Waals surface area (Å²) in [4.78, 5) is 2.56. The smallest absolute Gasteiger partial charge is 0.397 e. The summed E-state index contributed by atoms with van der Waals surface area (Å²) in [5, 5.41) is 0. The Labute approximate surface area is 236 Å². The molecule has 5 nitrogen and oxygen atoms in total. The van der Waals surface area contributed by atoms with Crippen LogP contribution in [0.1, 0.15) is 36.1 Å². The van der Waals surface area contributed by atoms with Gasteiger partial charge in [-0.25, -0.2) is 0 Å².